The van der Waals surface area contributed by atoms with E-state index in [2.05, 4.69) is 59.6 Å². The number of rotatable bonds is 9. The van der Waals surface area contributed by atoms with Crippen LogP contribution in [-0.2, 0) is 17.8 Å². The second kappa shape index (κ2) is 9.04. The number of aryl methyl sites for hydroxylation is 1. The number of para-hydroxylation sites is 1. The largest absolute Gasteiger partial charge is 0.361 e. The quantitative estimate of drug-likeness (QED) is 0.484. The van der Waals surface area contributed by atoms with Crippen LogP contribution in [0.25, 0.3) is 10.9 Å². The molecule has 0 aliphatic carbocycles. The van der Waals surface area contributed by atoms with Crippen LogP contribution in [0.4, 0.5) is 0 Å². The molecule has 26 heavy (non-hydrogen) atoms. The fourth-order valence-corrected chi connectivity index (χ4v) is 4.23. The van der Waals surface area contributed by atoms with Crippen LogP contribution in [0.2, 0.25) is 0 Å². The average Bonchev–Trinajstić information content (AvgIpc) is 3.25. The van der Waals surface area contributed by atoms with Crippen molar-refractivity contribution in [3.05, 3.63) is 57.9 Å². The minimum absolute atomic E-state index is 0.283. The van der Waals surface area contributed by atoms with Crippen LogP contribution in [0.15, 0.2) is 41.9 Å². The summed E-state index contributed by atoms with van der Waals surface area (Å²) >= 11 is 1.75. The van der Waals surface area contributed by atoms with Crippen molar-refractivity contribution in [3.63, 3.8) is 0 Å². The van der Waals surface area contributed by atoms with Crippen molar-refractivity contribution in [2.75, 3.05) is 6.54 Å². The van der Waals surface area contributed by atoms with Gasteiger partial charge in [0.2, 0.25) is 5.91 Å². The number of nitrogens with zero attached hydrogens (tertiary/aromatic N) is 1. The maximum absolute atomic E-state index is 12.8. The summed E-state index contributed by atoms with van der Waals surface area (Å²) in [6, 6.07) is 10.5. The smallest absolute Gasteiger partial charge is 0.222 e. The fraction of sp³-hybridized carbons (Fsp3) is 0.409. The molecular formula is C22H28N2OS. The summed E-state index contributed by atoms with van der Waals surface area (Å²) in [4.78, 5) is 19.5. The van der Waals surface area contributed by atoms with Gasteiger partial charge in [-0.05, 0) is 48.4 Å². The molecule has 0 saturated heterocycles. The highest BCUT2D eigenvalue weighted by atomic mass is 32.1. The number of hydrogen-bond donors (Lipinski definition) is 1. The van der Waals surface area contributed by atoms with E-state index in [1.807, 2.05) is 6.07 Å². The van der Waals surface area contributed by atoms with Crippen molar-refractivity contribution in [2.45, 2.75) is 52.5 Å². The summed E-state index contributed by atoms with van der Waals surface area (Å²) in [7, 11) is 0. The lowest BCUT2D eigenvalue weighted by Crippen LogP contribution is -2.32. The topological polar surface area (TPSA) is 36.1 Å². The predicted molar refractivity (Wildman–Crippen MR) is 111 cm³/mol. The summed E-state index contributed by atoms with van der Waals surface area (Å²) in [6.45, 7) is 5.81. The SMILES string of the molecule is CCCCCC(=O)N(CCc1c[nH]c2ccccc12)Cc1sccc1C. The number of carbonyl (C=O) groups is 1. The number of unbranched alkanes of at least 4 members (excludes halogenated alkanes) is 2. The number of aromatic amines is 1. The van der Waals surface area contributed by atoms with Crippen molar-refractivity contribution in [1.29, 1.82) is 0 Å². The van der Waals surface area contributed by atoms with Crippen LogP contribution in [0.3, 0.4) is 0 Å². The molecule has 2 heterocycles. The summed E-state index contributed by atoms with van der Waals surface area (Å²) in [6.07, 6.45) is 6.88. The van der Waals surface area contributed by atoms with Crippen LogP contribution in [0.1, 0.15) is 48.6 Å². The van der Waals surface area contributed by atoms with Crippen molar-refractivity contribution in [1.82, 2.24) is 9.88 Å². The minimum atomic E-state index is 0.283. The number of aromatic nitrogens is 1. The maximum atomic E-state index is 12.8. The first-order valence-corrected chi connectivity index (χ1v) is 10.4. The molecule has 1 N–H and O–H groups in total. The molecular weight excluding hydrogens is 340 g/mol. The van der Waals surface area contributed by atoms with Crippen molar-refractivity contribution < 1.29 is 4.79 Å². The lowest BCUT2D eigenvalue weighted by molar-refractivity contribution is -0.131. The molecule has 3 rings (SSSR count). The first-order chi connectivity index (χ1) is 12.7. The molecule has 0 saturated carbocycles. The summed E-state index contributed by atoms with van der Waals surface area (Å²) in [5.41, 5.74) is 3.74. The zero-order valence-electron chi connectivity index (χ0n) is 15.8. The van der Waals surface area contributed by atoms with E-state index < -0.39 is 0 Å². The lowest BCUT2D eigenvalue weighted by Gasteiger charge is -2.23. The molecule has 1 aromatic carbocycles. The molecule has 0 bridgehead atoms. The van der Waals surface area contributed by atoms with Crippen molar-refractivity contribution in [3.8, 4) is 0 Å². The second-order valence-corrected chi connectivity index (χ2v) is 7.91. The van der Waals surface area contributed by atoms with Gasteiger partial charge in [-0.15, -0.1) is 11.3 Å². The Labute approximate surface area is 160 Å². The Morgan fingerprint density at radius 2 is 2.04 bits per heavy atom. The number of benzene rings is 1. The molecule has 0 radical (unpaired) electrons. The normalized spacial score (nSPS) is 11.2. The monoisotopic (exact) mass is 368 g/mol. The molecule has 0 aliphatic heterocycles. The first kappa shape index (κ1) is 18.7. The van der Waals surface area contributed by atoms with Gasteiger partial charge in [0.05, 0.1) is 6.54 Å². The van der Waals surface area contributed by atoms with Gasteiger partial charge in [0.25, 0.3) is 0 Å². The molecule has 4 heteroatoms. The Bertz CT molecular complexity index is 849. The van der Waals surface area contributed by atoms with Gasteiger partial charge in [-0.25, -0.2) is 0 Å². The second-order valence-electron chi connectivity index (χ2n) is 6.91. The molecule has 1 amide bonds. The van der Waals surface area contributed by atoms with E-state index >= 15 is 0 Å². The van der Waals surface area contributed by atoms with Crippen molar-refractivity contribution >= 4 is 28.1 Å². The third-order valence-corrected chi connectivity index (χ3v) is 5.98. The summed E-state index contributed by atoms with van der Waals surface area (Å²) in [5, 5.41) is 3.38. The Kier molecular flexibility index (Phi) is 6.51. The van der Waals surface area contributed by atoms with E-state index in [9.17, 15) is 4.79 Å². The molecule has 3 nitrogen and oxygen atoms in total. The molecule has 0 aliphatic rings. The van der Waals surface area contributed by atoms with E-state index in [0.29, 0.717) is 6.42 Å². The van der Waals surface area contributed by atoms with Crippen LogP contribution < -0.4 is 0 Å². The number of carbonyl (C=O) groups excluding carboxylic acids is 1. The molecule has 3 aromatic rings. The molecule has 0 spiro atoms. The van der Waals surface area contributed by atoms with E-state index in [0.717, 1.165) is 44.3 Å². The van der Waals surface area contributed by atoms with Gasteiger partial charge in [-0.1, -0.05) is 38.0 Å². The third-order valence-electron chi connectivity index (χ3n) is 4.98. The zero-order valence-corrected chi connectivity index (χ0v) is 16.6. The van der Waals surface area contributed by atoms with Gasteiger partial charge in [0.1, 0.15) is 0 Å². The van der Waals surface area contributed by atoms with Gasteiger partial charge in [-0.3, -0.25) is 4.79 Å². The summed E-state index contributed by atoms with van der Waals surface area (Å²) in [5.74, 6) is 0.283. The molecule has 0 fully saturated rings. The Morgan fingerprint density at radius 1 is 1.19 bits per heavy atom. The van der Waals surface area contributed by atoms with Crippen LogP contribution >= 0.6 is 11.3 Å². The van der Waals surface area contributed by atoms with Crippen LogP contribution in [0, 0.1) is 6.92 Å². The van der Waals surface area contributed by atoms with Crippen LogP contribution in [-0.4, -0.2) is 22.3 Å². The zero-order chi connectivity index (χ0) is 18.4. The Balaban J connectivity index is 1.70. The number of H-pyrrole nitrogens is 1. The number of thiophene rings is 1. The fourth-order valence-electron chi connectivity index (χ4n) is 3.31. The minimum Gasteiger partial charge on any atom is -0.361 e. The number of fused-ring (bicyclic) bond motifs is 1. The predicted octanol–water partition coefficient (Wildman–Crippen LogP) is 5.69. The van der Waals surface area contributed by atoms with E-state index in [-0.39, 0.29) is 5.91 Å². The number of amides is 1. The molecule has 0 unspecified atom stereocenters. The molecule has 138 valence electrons. The molecule has 0 atom stereocenters. The third kappa shape index (κ3) is 4.55. The number of hydrogen-bond acceptors (Lipinski definition) is 2. The van der Waals surface area contributed by atoms with Crippen LogP contribution in [0.5, 0.6) is 0 Å². The number of nitrogens with one attached hydrogen (secondary N) is 1. The van der Waals surface area contributed by atoms with E-state index in [1.165, 1.54) is 21.4 Å². The van der Waals surface area contributed by atoms with Crippen molar-refractivity contribution in [2.24, 2.45) is 0 Å². The van der Waals surface area contributed by atoms with Gasteiger partial charge in [-0.2, -0.15) is 0 Å². The lowest BCUT2D eigenvalue weighted by atomic mass is 10.1. The highest BCUT2D eigenvalue weighted by Gasteiger charge is 2.16. The average molecular weight is 369 g/mol. The van der Waals surface area contributed by atoms with E-state index in [1.54, 1.807) is 11.3 Å². The Hall–Kier alpha value is -2.07. The highest BCUT2D eigenvalue weighted by molar-refractivity contribution is 7.10. The maximum Gasteiger partial charge on any atom is 0.222 e. The highest BCUT2D eigenvalue weighted by Crippen LogP contribution is 2.21. The van der Waals surface area contributed by atoms with Gasteiger partial charge >= 0.3 is 0 Å². The molecule has 2 aromatic heterocycles. The van der Waals surface area contributed by atoms with Gasteiger partial charge in [0, 0.05) is 34.9 Å². The first-order valence-electron chi connectivity index (χ1n) is 9.54. The Morgan fingerprint density at radius 3 is 2.81 bits per heavy atom. The van der Waals surface area contributed by atoms with E-state index in [4.69, 9.17) is 0 Å². The van der Waals surface area contributed by atoms with Gasteiger partial charge < -0.3 is 9.88 Å². The summed E-state index contributed by atoms with van der Waals surface area (Å²) < 4.78 is 0. The standard InChI is InChI=1S/C22H28N2OS/c1-3-4-5-10-22(25)24(16-21-17(2)12-14-26-21)13-11-18-15-23-20-9-7-6-8-19(18)20/h6-9,12,14-15,23H,3-5,10-11,13,16H2,1-2H3. The van der Waals surface area contributed by atoms with Gasteiger partial charge in [0.15, 0.2) is 0 Å².